The molecule has 0 saturated carbocycles. The van der Waals surface area contributed by atoms with Gasteiger partial charge in [-0.1, -0.05) is 12.1 Å². The molecule has 1 aromatic carbocycles. The van der Waals surface area contributed by atoms with Gasteiger partial charge in [0.15, 0.2) is 0 Å². The Morgan fingerprint density at radius 1 is 1.55 bits per heavy atom. The molecule has 6 nitrogen and oxygen atoms in total. The van der Waals surface area contributed by atoms with E-state index < -0.39 is 11.7 Å². The molecule has 112 valence electrons. The molecule has 0 amide bonds. The van der Waals surface area contributed by atoms with Crippen molar-refractivity contribution < 1.29 is 13.9 Å². The lowest BCUT2D eigenvalue weighted by molar-refractivity contribution is 0.180. The Bertz CT molecular complexity index is 791. The fourth-order valence-electron chi connectivity index (χ4n) is 2.58. The minimum Gasteiger partial charge on any atom is -0.420 e. The molecule has 3 N–H and O–H groups in total. The van der Waals surface area contributed by atoms with E-state index in [2.05, 4.69) is 10.2 Å². The molecule has 0 radical (unpaired) electrons. The lowest BCUT2D eigenvalue weighted by Gasteiger charge is -2.24. The van der Waals surface area contributed by atoms with E-state index >= 15 is 0 Å². The van der Waals surface area contributed by atoms with Crippen molar-refractivity contribution >= 4 is 0 Å². The molecule has 7 heteroatoms. The summed E-state index contributed by atoms with van der Waals surface area (Å²) in [6.07, 6.45) is 0. The van der Waals surface area contributed by atoms with Gasteiger partial charge in [0.1, 0.15) is 17.5 Å². The Morgan fingerprint density at radius 2 is 2.36 bits per heavy atom. The van der Waals surface area contributed by atoms with Crippen LogP contribution in [0.15, 0.2) is 35.7 Å². The molecule has 1 atom stereocenters. The maximum absolute atomic E-state index is 13.6. The fourth-order valence-corrected chi connectivity index (χ4v) is 2.58. The summed E-state index contributed by atoms with van der Waals surface area (Å²) in [5, 5.41) is 16.3. The van der Waals surface area contributed by atoms with Crippen LogP contribution in [0.2, 0.25) is 0 Å². The molecule has 0 aliphatic carbocycles. The number of rotatable bonds is 3. The van der Waals surface area contributed by atoms with Crippen LogP contribution in [0.4, 0.5) is 4.39 Å². The fraction of sp³-hybridized carbons (Fsp3) is 0.200. The number of hydrogen-bond acceptors (Lipinski definition) is 5. The maximum Gasteiger partial charge on any atom is 0.244 e. The van der Waals surface area contributed by atoms with Crippen LogP contribution in [0.1, 0.15) is 22.7 Å². The van der Waals surface area contributed by atoms with Crippen LogP contribution in [0.25, 0.3) is 0 Å². The van der Waals surface area contributed by atoms with Crippen LogP contribution < -0.4 is 10.5 Å². The van der Waals surface area contributed by atoms with Crippen LogP contribution in [0.3, 0.4) is 0 Å². The molecule has 22 heavy (non-hydrogen) atoms. The van der Waals surface area contributed by atoms with Gasteiger partial charge in [-0.15, -0.1) is 5.10 Å². The van der Waals surface area contributed by atoms with Crippen molar-refractivity contribution in [2.24, 2.45) is 5.73 Å². The molecule has 2 aromatic rings. The van der Waals surface area contributed by atoms with Gasteiger partial charge in [0.05, 0.1) is 23.8 Å². The minimum absolute atomic E-state index is 0.0280. The Balaban J connectivity index is 2.21. The van der Waals surface area contributed by atoms with Gasteiger partial charge in [-0.2, -0.15) is 5.26 Å². The number of allylic oxidation sites excluding steroid dienone is 1. The number of nitrogens with zero attached hydrogens (tertiary/aromatic N) is 2. The molecule has 1 aliphatic rings. The monoisotopic (exact) mass is 300 g/mol. The summed E-state index contributed by atoms with van der Waals surface area (Å²) in [6.45, 7) is 0.260. The Morgan fingerprint density at radius 3 is 3.05 bits per heavy atom. The summed E-state index contributed by atoms with van der Waals surface area (Å²) >= 11 is 0. The number of nitrogens with two attached hydrogens (primary N) is 1. The number of benzene rings is 1. The molecule has 0 bridgehead atoms. The van der Waals surface area contributed by atoms with Crippen LogP contribution in [0, 0.1) is 17.1 Å². The van der Waals surface area contributed by atoms with Crippen LogP contribution in [-0.2, 0) is 11.3 Å². The van der Waals surface area contributed by atoms with Crippen molar-refractivity contribution in [1.29, 1.82) is 5.26 Å². The van der Waals surface area contributed by atoms with Gasteiger partial charge in [0.2, 0.25) is 11.8 Å². The number of nitrogens with one attached hydrogen (secondary N) is 1. The number of halogens is 1. The number of fused-ring (bicyclic) bond motifs is 1. The number of aromatic nitrogens is 2. The second-order valence-corrected chi connectivity index (χ2v) is 4.83. The Kier molecular flexibility index (Phi) is 3.53. The minimum atomic E-state index is -0.548. The van der Waals surface area contributed by atoms with Crippen molar-refractivity contribution in [2.75, 3.05) is 7.11 Å². The zero-order valence-electron chi connectivity index (χ0n) is 11.8. The first kappa shape index (κ1) is 14.1. The molecule has 0 spiro atoms. The van der Waals surface area contributed by atoms with Gasteiger partial charge in [-0.25, -0.2) is 4.39 Å². The van der Waals surface area contributed by atoms with Crippen molar-refractivity contribution in [3.05, 3.63) is 58.4 Å². The largest absolute Gasteiger partial charge is 0.420 e. The highest BCUT2D eigenvalue weighted by Crippen LogP contribution is 2.42. The predicted molar refractivity (Wildman–Crippen MR) is 75.0 cm³/mol. The molecule has 1 unspecified atom stereocenters. The van der Waals surface area contributed by atoms with E-state index in [0.717, 1.165) is 0 Å². The molecule has 1 aliphatic heterocycles. The highest BCUT2D eigenvalue weighted by molar-refractivity contribution is 5.55. The molecular formula is C15H13FN4O2. The summed E-state index contributed by atoms with van der Waals surface area (Å²) in [5.41, 5.74) is 7.92. The molecular weight excluding hydrogens is 287 g/mol. The first-order valence-corrected chi connectivity index (χ1v) is 6.54. The third-order valence-corrected chi connectivity index (χ3v) is 3.49. The van der Waals surface area contributed by atoms with E-state index in [1.807, 2.05) is 6.07 Å². The second-order valence-electron chi connectivity index (χ2n) is 4.83. The van der Waals surface area contributed by atoms with E-state index in [9.17, 15) is 9.65 Å². The van der Waals surface area contributed by atoms with Crippen molar-refractivity contribution in [3.8, 4) is 11.9 Å². The second kappa shape index (κ2) is 5.50. The van der Waals surface area contributed by atoms with Gasteiger partial charge in [0.25, 0.3) is 0 Å². The molecule has 3 rings (SSSR count). The topological polar surface area (TPSA) is 97.0 Å². The Labute approximate surface area is 126 Å². The van der Waals surface area contributed by atoms with E-state index in [4.69, 9.17) is 15.2 Å². The van der Waals surface area contributed by atoms with Gasteiger partial charge >= 0.3 is 0 Å². The van der Waals surface area contributed by atoms with Crippen LogP contribution in [0.5, 0.6) is 5.88 Å². The van der Waals surface area contributed by atoms with E-state index in [0.29, 0.717) is 16.8 Å². The first-order chi connectivity index (χ1) is 10.7. The zero-order valence-corrected chi connectivity index (χ0v) is 11.8. The number of H-pyrrole nitrogens is 1. The molecule has 0 saturated heterocycles. The summed E-state index contributed by atoms with van der Waals surface area (Å²) in [4.78, 5) is 0. The summed E-state index contributed by atoms with van der Waals surface area (Å²) in [5.74, 6) is -0.691. The number of hydrogen-bond donors (Lipinski definition) is 2. The summed E-state index contributed by atoms with van der Waals surface area (Å²) in [6, 6.07) is 8.07. The van der Waals surface area contributed by atoms with Gasteiger partial charge < -0.3 is 15.2 Å². The third-order valence-electron chi connectivity index (χ3n) is 3.49. The SMILES string of the molecule is COCc1[nH]nc2c1C(c1cccc(F)c1)C(C#N)=C(N)O2. The van der Waals surface area contributed by atoms with E-state index in [1.54, 1.807) is 19.2 Å². The molecule has 0 fully saturated rings. The zero-order chi connectivity index (χ0) is 15.7. The van der Waals surface area contributed by atoms with Crippen molar-refractivity contribution in [3.63, 3.8) is 0 Å². The van der Waals surface area contributed by atoms with Gasteiger partial charge in [-0.3, -0.25) is 5.10 Å². The predicted octanol–water partition coefficient (Wildman–Crippen LogP) is 1.91. The molecule has 2 heterocycles. The maximum atomic E-state index is 13.6. The van der Waals surface area contributed by atoms with Crippen LogP contribution >= 0.6 is 0 Å². The first-order valence-electron chi connectivity index (χ1n) is 6.54. The third kappa shape index (κ3) is 2.19. The number of methoxy groups -OCH3 is 1. The van der Waals surface area contributed by atoms with Crippen molar-refractivity contribution in [1.82, 2.24) is 10.2 Å². The van der Waals surface area contributed by atoms with E-state index in [-0.39, 0.29) is 23.9 Å². The normalized spacial score (nSPS) is 16.9. The standard InChI is InChI=1S/C15H13FN4O2/c1-21-7-11-13-12(8-3-2-4-9(16)5-8)10(6-17)14(18)22-15(13)20-19-11/h2-5,12H,7,18H2,1H3,(H,19,20). The van der Waals surface area contributed by atoms with E-state index in [1.165, 1.54) is 12.1 Å². The van der Waals surface area contributed by atoms with Gasteiger partial charge in [-0.05, 0) is 17.7 Å². The quantitative estimate of drug-likeness (QED) is 0.902. The van der Waals surface area contributed by atoms with Gasteiger partial charge in [0, 0.05) is 7.11 Å². The lowest BCUT2D eigenvalue weighted by atomic mass is 9.84. The lowest BCUT2D eigenvalue weighted by Crippen LogP contribution is -2.21. The van der Waals surface area contributed by atoms with Crippen molar-refractivity contribution in [2.45, 2.75) is 12.5 Å². The smallest absolute Gasteiger partial charge is 0.244 e. The summed E-state index contributed by atoms with van der Waals surface area (Å²) in [7, 11) is 1.55. The average Bonchev–Trinajstić information content (AvgIpc) is 2.88. The summed E-state index contributed by atoms with van der Waals surface area (Å²) < 4.78 is 24.1. The number of ether oxygens (including phenoxy) is 2. The Hall–Kier alpha value is -2.85. The number of aromatic amines is 1. The van der Waals surface area contributed by atoms with Crippen LogP contribution in [-0.4, -0.2) is 17.3 Å². The highest BCUT2D eigenvalue weighted by atomic mass is 19.1. The molecule has 1 aromatic heterocycles. The highest BCUT2D eigenvalue weighted by Gasteiger charge is 2.35. The average molecular weight is 300 g/mol. The number of nitriles is 1.